The van der Waals surface area contributed by atoms with E-state index in [-0.39, 0.29) is 12.1 Å². The second kappa shape index (κ2) is 11.6. The molecule has 1 aromatic carbocycles. The number of allylic oxidation sites excluding steroid dienone is 1. The molecule has 1 unspecified atom stereocenters. The summed E-state index contributed by atoms with van der Waals surface area (Å²) < 4.78 is 2.00. The molecule has 3 aromatic rings. The summed E-state index contributed by atoms with van der Waals surface area (Å²) in [5, 5.41) is 9.24. The standard InChI is InChI=1S/C31H42ClN7/c1-6-14-34-20(2)10-11-24-12-13-25(32)16-27(24)23(5)38-15-8-7-9-29(38)28-17-30-35-31(37-18-26(33)19-37)21(3)22(4)39(30)36-28/h12-13,16-17,26,29,34H,2,5-11,14-15,18-19,33H2,1,3-4H3. The third kappa shape index (κ3) is 5.66. The van der Waals surface area contributed by atoms with Crippen LogP contribution in [0.3, 0.4) is 0 Å². The average Bonchev–Trinajstić information content (AvgIpc) is 3.35. The number of nitrogens with one attached hydrogen (secondary N) is 1. The zero-order valence-corrected chi connectivity index (χ0v) is 24.4. The van der Waals surface area contributed by atoms with Crippen LogP contribution < -0.4 is 16.0 Å². The molecule has 0 aliphatic carbocycles. The summed E-state index contributed by atoms with van der Waals surface area (Å²) in [7, 11) is 0. The second-order valence-corrected chi connectivity index (χ2v) is 11.6. The maximum atomic E-state index is 6.51. The van der Waals surface area contributed by atoms with Gasteiger partial charge in [0.15, 0.2) is 5.65 Å². The monoisotopic (exact) mass is 547 g/mol. The number of benzene rings is 1. The lowest BCUT2D eigenvalue weighted by molar-refractivity contribution is 0.226. The van der Waals surface area contributed by atoms with Gasteiger partial charge in [0.2, 0.25) is 0 Å². The number of aryl methyl sites for hydroxylation is 2. The highest BCUT2D eigenvalue weighted by atomic mass is 35.5. The van der Waals surface area contributed by atoms with Crippen molar-refractivity contribution in [3.8, 4) is 0 Å². The third-order valence-electron chi connectivity index (χ3n) is 8.23. The Morgan fingerprint density at radius 3 is 2.72 bits per heavy atom. The van der Waals surface area contributed by atoms with E-state index in [4.69, 9.17) is 27.4 Å². The maximum Gasteiger partial charge on any atom is 0.158 e. The lowest BCUT2D eigenvalue weighted by atomic mass is 9.94. The van der Waals surface area contributed by atoms with Crippen molar-refractivity contribution in [1.29, 1.82) is 0 Å². The van der Waals surface area contributed by atoms with Crippen molar-refractivity contribution in [2.75, 3.05) is 31.1 Å². The zero-order valence-electron chi connectivity index (χ0n) is 23.6. The summed E-state index contributed by atoms with van der Waals surface area (Å²) in [4.78, 5) is 9.72. The Hall–Kier alpha value is -3.03. The minimum Gasteiger partial charge on any atom is -0.389 e. The van der Waals surface area contributed by atoms with Gasteiger partial charge in [0.25, 0.3) is 0 Å². The molecule has 208 valence electrons. The topological polar surface area (TPSA) is 74.7 Å². The molecule has 8 heteroatoms. The van der Waals surface area contributed by atoms with Crippen molar-refractivity contribution in [2.45, 2.75) is 71.4 Å². The Morgan fingerprint density at radius 1 is 1.18 bits per heavy atom. The van der Waals surface area contributed by atoms with Crippen LogP contribution in [-0.2, 0) is 6.42 Å². The Balaban J connectivity index is 1.43. The molecule has 39 heavy (non-hydrogen) atoms. The molecular weight excluding hydrogens is 506 g/mol. The van der Waals surface area contributed by atoms with E-state index in [0.717, 1.165) is 115 Å². The fraction of sp³-hybridized carbons (Fsp3) is 0.484. The molecule has 7 nitrogen and oxygen atoms in total. The van der Waals surface area contributed by atoms with Crippen LogP contribution >= 0.6 is 11.6 Å². The zero-order chi connectivity index (χ0) is 27.7. The number of rotatable bonds is 10. The van der Waals surface area contributed by atoms with Crippen LogP contribution in [0, 0.1) is 13.8 Å². The highest BCUT2D eigenvalue weighted by Gasteiger charge is 2.31. The molecule has 2 saturated heterocycles. The fourth-order valence-corrected chi connectivity index (χ4v) is 5.98. The molecule has 2 fully saturated rings. The van der Waals surface area contributed by atoms with Gasteiger partial charge < -0.3 is 20.9 Å². The van der Waals surface area contributed by atoms with E-state index in [1.807, 2.05) is 10.6 Å². The molecule has 1 atom stereocenters. The van der Waals surface area contributed by atoms with Crippen LogP contribution in [0.1, 0.15) is 73.1 Å². The lowest BCUT2D eigenvalue weighted by Crippen LogP contribution is -2.56. The largest absolute Gasteiger partial charge is 0.389 e. The molecule has 5 rings (SSSR count). The smallest absolute Gasteiger partial charge is 0.158 e. The molecule has 3 N–H and O–H groups in total. The van der Waals surface area contributed by atoms with Crippen molar-refractivity contribution in [3.63, 3.8) is 0 Å². The fourth-order valence-electron chi connectivity index (χ4n) is 5.81. The van der Waals surface area contributed by atoms with Crippen molar-refractivity contribution in [3.05, 3.63) is 76.2 Å². The Bertz CT molecular complexity index is 1370. The summed E-state index contributed by atoms with van der Waals surface area (Å²) in [6, 6.07) is 8.71. The summed E-state index contributed by atoms with van der Waals surface area (Å²) in [5.41, 5.74) is 14.7. The molecule has 0 bridgehead atoms. The number of hydrogen-bond acceptors (Lipinski definition) is 6. The molecular formula is C31H42ClN7. The van der Waals surface area contributed by atoms with Gasteiger partial charge in [-0.05, 0) is 70.1 Å². The highest BCUT2D eigenvalue weighted by Crippen LogP contribution is 2.38. The van der Waals surface area contributed by atoms with E-state index in [1.165, 1.54) is 5.56 Å². The van der Waals surface area contributed by atoms with Crippen molar-refractivity contribution in [2.24, 2.45) is 5.73 Å². The van der Waals surface area contributed by atoms with Crippen LogP contribution in [0.4, 0.5) is 5.82 Å². The molecule has 4 heterocycles. The quantitative estimate of drug-likeness (QED) is 0.334. The first-order valence-electron chi connectivity index (χ1n) is 14.3. The first-order chi connectivity index (χ1) is 18.8. The van der Waals surface area contributed by atoms with Crippen LogP contribution in [0.5, 0.6) is 0 Å². The van der Waals surface area contributed by atoms with Crippen LogP contribution in [0.15, 0.2) is 43.1 Å². The van der Waals surface area contributed by atoms with Gasteiger partial charge in [0.05, 0.1) is 11.7 Å². The van der Waals surface area contributed by atoms with Crippen molar-refractivity contribution < 1.29 is 0 Å². The number of anilines is 1. The van der Waals surface area contributed by atoms with E-state index in [9.17, 15) is 0 Å². The molecule has 0 saturated carbocycles. The van der Waals surface area contributed by atoms with Gasteiger partial charge in [0, 0.05) is 71.5 Å². The lowest BCUT2D eigenvalue weighted by Gasteiger charge is -2.38. The molecule has 0 spiro atoms. The van der Waals surface area contributed by atoms with Crippen LogP contribution in [0.2, 0.25) is 5.02 Å². The van der Waals surface area contributed by atoms with E-state index in [2.05, 4.69) is 67.2 Å². The molecule has 2 aliphatic rings. The second-order valence-electron chi connectivity index (χ2n) is 11.1. The maximum absolute atomic E-state index is 6.51. The van der Waals surface area contributed by atoms with Gasteiger partial charge in [0.1, 0.15) is 5.82 Å². The van der Waals surface area contributed by atoms with Crippen LogP contribution in [-0.4, -0.2) is 51.7 Å². The van der Waals surface area contributed by atoms with Gasteiger partial charge in [-0.3, -0.25) is 0 Å². The summed E-state index contributed by atoms with van der Waals surface area (Å²) in [5.74, 6) is 1.02. The number of fused-ring (bicyclic) bond motifs is 1. The summed E-state index contributed by atoms with van der Waals surface area (Å²) in [6.07, 6.45) is 6.18. The first-order valence-corrected chi connectivity index (χ1v) is 14.7. The first kappa shape index (κ1) is 27.5. The SMILES string of the molecule is C=C(CCc1ccc(Cl)cc1C(=C)N1CCCCC1c1cc2nc(N3CC(N)C3)c(C)c(C)n2n1)NCCC. The van der Waals surface area contributed by atoms with Gasteiger partial charge in [-0.15, -0.1) is 0 Å². The van der Waals surface area contributed by atoms with E-state index in [0.29, 0.717) is 0 Å². The van der Waals surface area contributed by atoms with E-state index >= 15 is 0 Å². The minimum absolute atomic E-state index is 0.140. The Morgan fingerprint density at radius 2 is 1.97 bits per heavy atom. The molecule has 0 radical (unpaired) electrons. The predicted molar refractivity (Wildman–Crippen MR) is 162 cm³/mol. The number of piperidine rings is 1. The Kier molecular flexibility index (Phi) is 8.19. The minimum atomic E-state index is 0.140. The molecule has 2 aromatic heterocycles. The number of halogens is 1. The Labute approximate surface area is 237 Å². The summed E-state index contributed by atoms with van der Waals surface area (Å²) in [6.45, 7) is 18.8. The van der Waals surface area contributed by atoms with Crippen molar-refractivity contribution >= 4 is 28.8 Å². The van der Waals surface area contributed by atoms with Gasteiger partial charge in [-0.25, -0.2) is 9.50 Å². The van der Waals surface area contributed by atoms with Gasteiger partial charge in [-0.2, -0.15) is 5.10 Å². The number of aromatic nitrogens is 3. The predicted octanol–water partition coefficient (Wildman–Crippen LogP) is 5.79. The number of likely N-dealkylation sites (tertiary alicyclic amines) is 1. The van der Waals surface area contributed by atoms with Gasteiger partial charge in [-0.1, -0.05) is 37.7 Å². The average molecular weight is 548 g/mol. The van der Waals surface area contributed by atoms with Gasteiger partial charge >= 0.3 is 0 Å². The third-order valence-corrected chi connectivity index (χ3v) is 8.46. The highest BCUT2D eigenvalue weighted by molar-refractivity contribution is 6.30. The van der Waals surface area contributed by atoms with Crippen molar-refractivity contribution in [1.82, 2.24) is 24.8 Å². The van der Waals surface area contributed by atoms with E-state index in [1.54, 1.807) is 0 Å². The molecule has 2 aliphatic heterocycles. The van der Waals surface area contributed by atoms with E-state index < -0.39 is 0 Å². The molecule has 0 amide bonds. The number of hydrogen-bond donors (Lipinski definition) is 2. The number of nitrogens with zero attached hydrogens (tertiary/aromatic N) is 5. The van der Waals surface area contributed by atoms with Crippen LogP contribution in [0.25, 0.3) is 11.3 Å². The summed E-state index contributed by atoms with van der Waals surface area (Å²) >= 11 is 6.51. The normalized spacial score (nSPS) is 17.9. The number of nitrogens with two attached hydrogens (primary N) is 1.